The summed E-state index contributed by atoms with van der Waals surface area (Å²) in [6.45, 7) is 7.27. The lowest BCUT2D eigenvalue weighted by Crippen LogP contribution is -2.57. The van der Waals surface area contributed by atoms with Gasteiger partial charge in [-0.2, -0.15) is 0 Å². The predicted octanol–water partition coefficient (Wildman–Crippen LogP) is 7.77. The number of aliphatic hydroxyl groups excluding tert-OH is 1. The monoisotopic (exact) mass is 421 g/mol. The van der Waals surface area contributed by atoms with Crippen molar-refractivity contribution < 1.29 is 9.59 Å². The van der Waals surface area contributed by atoms with Crippen LogP contribution in [0.5, 0.6) is 0 Å². The van der Waals surface area contributed by atoms with E-state index in [1.165, 1.54) is 96.3 Å². The summed E-state index contributed by atoms with van der Waals surface area (Å²) in [5.41, 5.74) is 0. The maximum absolute atomic E-state index is 10.2. The number of quaternary nitrogens is 1. The highest BCUT2D eigenvalue weighted by Crippen LogP contribution is 2.25. The first-order valence-corrected chi connectivity index (χ1v) is 13.3. The Morgan fingerprint density at radius 3 is 1.80 bits per heavy atom. The van der Waals surface area contributed by atoms with Crippen LogP contribution in [0.2, 0.25) is 0 Å². The van der Waals surface area contributed by atoms with Crippen LogP contribution in [0.3, 0.4) is 0 Å². The highest BCUT2D eigenvalue weighted by Gasteiger charge is 2.40. The van der Waals surface area contributed by atoms with E-state index < -0.39 is 0 Å². The summed E-state index contributed by atoms with van der Waals surface area (Å²) >= 11 is 0. The second kappa shape index (κ2) is 17.8. The van der Waals surface area contributed by atoms with Crippen molar-refractivity contribution in [3.05, 3.63) is 24.6 Å². The lowest BCUT2D eigenvalue weighted by Gasteiger charge is -2.39. The molecule has 0 saturated heterocycles. The summed E-state index contributed by atoms with van der Waals surface area (Å²) in [7, 11) is 0. The molecule has 3 heteroatoms. The topological polar surface area (TPSA) is 32.3 Å². The number of allylic oxidation sites excluding steroid dienone is 2. The maximum atomic E-state index is 10.2. The minimum absolute atomic E-state index is 0.306. The molecule has 0 saturated carbocycles. The van der Waals surface area contributed by atoms with Crippen molar-refractivity contribution in [3.63, 3.8) is 0 Å². The van der Waals surface area contributed by atoms with Crippen molar-refractivity contribution in [2.75, 3.05) is 6.54 Å². The van der Waals surface area contributed by atoms with Crippen LogP contribution in [0.25, 0.3) is 0 Å². The number of nitrogens with zero attached hydrogens (tertiary/aromatic N) is 1. The van der Waals surface area contributed by atoms with Crippen molar-refractivity contribution >= 4 is 0 Å². The molecule has 0 aliphatic carbocycles. The molecule has 0 aromatic heterocycles. The SMILES string of the molecule is CCCCCCCCCCCCCCCC/C=C/CCC1NC=C[N+]1(CC)C(C)O. The quantitative estimate of drug-likeness (QED) is 0.119. The van der Waals surface area contributed by atoms with E-state index in [1.807, 2.05) is 13.1 Å². The van der Waals surface area contributed by atoms with Gasteiger partial charge in [-0.15, -0.1) is 0 Å². The summed E-state index contributed by atoms with van der Waals surface area (Å²) in [5.74, 6) is 0. The van der Waals surface area contributed by atoms with Gasteiger partial charge in [0.25, 0.3) is 0 Å². The van der Waals surface area contributed by atoms with Crippen LogP contribution in [0, 0.1) is 0 Å². The van der Waals surface area contributed by atoms with E-state index in [-0.39, 0.29) is 6.23 Å². The number of rotatable bonds is 20. The Bertz CT molecular complexity index is 446. The van der Waals surface area contributed by atoms with Gasteiger partial charge in [-0.1, -0.05) is 103 Å². The van der Waals surface area contributed by atoms with Gasteiger partial charge in [-0.3, -0.25) is 4.48 Å². The van der Waals surface area contributed by atoms with Crippen LogP contribution in [0.4, 0.5) is 0 Å². The van der Waals surface area contributed by atoms with Gasteiger partial charge in [-0.25, -0.2) is 0 Å². The molecule has 2 N–H and O–H groups in total. The molecule has 3 nitrogen and oxygen atoms in total. The van der Waals surface area contributed by atoms with Gasteiger partial charge in [0.1, 0.15) is 6.20 Å². The molecule has 1 heterocycles. The molecule has 0 bridgehead atoms. The molecule has 1 rings (SSSR count). The van der Waals surface area contributed by atoms with Gasteiger partial charge in [0.15, 0.2) is 12.4 Å². The first-order chi connectivity index (χ1) is 14.7. The normalized spacial score (nSPS) is 22.1. The number of hydrogen-bond acceptors (Lipinski definition) is 2. The molecule has 0 aromatic rings. The Morgan fingerprint density at radius 1 is 0.800 bits per heavy atom. The average Bonchev–Trinajstić information content (AvgIpc) is 3.17. The van der Waals surface area contributed by atoms with Crippen molar-refractivity contribution in [2.24, 2.45) is 0 Å². The van der Waals surface area contributed by atoms with E-state index in [0.717, 1.165) is 19.4 Å². The highest BCUT2D eigenvalue weighted by atomic mass is 16.3. The van der Waals surface area contributed by atoms with Gasteiger partial charge in [0.05, 0.1) is 12.7 Å². The molecule has 1 aliphatic heterocycles. The predicted molar refractivity (Wildman–Crippen MR) is 132 cm³/mol. The van der Waals surface area contributed by atoms with Crippen LogP contribution in [0.1, 0.15) is 130 Å². The van der Waals surface area contributed by atoms with E-state index in [4.69, 9.17) is 0 Å². The minimum atomic E-state index is -0.356. The standard InChI is InChI=1S/C27H53N2O/c1-4-6-7-8-9-10-11-12-13-14-15-16-17-18-19-20-21-22-23-27-28-24-25-29(27,5-2)26(3)30/h20-21,24-28,30H,4-19,22-23H2,1-3H3/q+1/b21-20+. The van der Waals surface area contributed by atoms with Crippen LogP contribution in [-0.4, -0.2) is 28.5 Å². The Morgan fingerprint density at radius 2 is 1.30 bits per heavy atom. The number of unbranched alkanes of at least 4 members (excludes halogenated alkanes) is 14. The fourth-order valence-electron chi connectivity index (χ4n) is 4.78. The van der Waals surface area contributed by atoms with E-state index in [0.29, 0.717) is 10.6 Å². The molecule has 0 fully saturated rings. The number of nitrogens with one attached hydrogen (secondary N) is 1. The second-order valence-electron chi connectivity index (χ2n) is 9.37. The third-order valence-electron chi connectivity index (χ3n) is 6.96. The van der Waals surface area contributed by atoms with E-state index in [1.54, 1.807) is 0 Å². The smallest absolute Gasteiger partial charge is 0.193 e. The van der Waals surface area contributed by atoms with Crippen LogP contribution in [-0.2, 0) is 0 Å². The molecular formula is C27H53N2O+. The van der Waals surface area contributed by atoms with E-state index >= 15 is 0 Å². The minimum Gasteiger partial charge on any atom is -0.345 e. The Hall–Kier alpha value is -0.800. The van der Waals surface area contributed by atoms with Crippen LogP contribution < -0.4 is 5.32 Å². The third-order valence-corrected chi connectivity index (χ3v) is 6.96. The molecule has 176 valence electrons. The molecule has 0 radical (unpaired) electrons. The van der Waals surface area contributed by atoms with Gasteiger partial charge in [-0.05, 0) is 26.2 Å². The lowest BCUT2D eigenvalue weighted by molar-refractivity contribution is -0.942. The fraction of sp³-hybridized carbons (Fsp3) is 0.852. The fourth-order valence-corrected chi connectivity index (χ4v) is 4.78. The van der Waals surface area contributed by atoms with Gasteiger partial charge >= 0.3 is 0 Å². The van der Waals surface area contributed by atoms with E-state index in [2.05, 4.69) is 37.5 Å². The number of aliphatic hydroxyl groups is 1. The Labute approximate surface area is 188 Å². The molecule has 0 amide bonds. The zero-order valence-corrected chi connectivity index (χ0v) is 20.6. The van der Waals surface area contributed by atoms with Gasteiger partial charge in [0, 0.05) is 13.3 Å². The molecule has 0 spiro atoms. The zero-order valence-electron chi connectivity index (χ0n) is 20.6. The van der Waals surface area contributed by atoms with Crippen molar-refractivity contribution in [1.29, 1.82) is 0 Å². The summed E-state index contributed by atoms with van der Waals surface area (Å²) < 4.78 is 0.646. The number of hydrogen-bond donors (Lipinski definition) is 2. The maximum Gasteiger partial charge on any atom is 0.193 e. The summed E-state index contributed by atoms with van der Waals surface area (Å²) in [4.78, 5) is 0. The summed E-state index contributed by atoms with van der Waals surface area (Å²) in [5, 5.41) is 13.6. The van der Waals surface area contributed by atoms with Gasteiger partial charge < -0.3 is 10.4 Å². The van der Waals surface area contributed by atoms with Crippen molar-refractivity contribution in [3.8, 4) is 0 Å². The highest BCUT2D eigenvalue weighted by molar-refractivity contribution is 4.88. The first-order valence-electron chi connectivity index (χ1n) is 13.3. The molecule has 30 heavy (non-hydrogen) atoms. The molecule has 1 aliphatic rings. The largest absolute Gasteiger partial charge is 0.345 e. The van der Waals surface area contributed by atoms with Crippen LogP contribution >= 0.6 is 0 Å². The summed E-state index contributed by atoms with van der Waals surface area (Å²) in [6.07, 6.45) is 32.1. The average molecular weight is 422 g/mol. The second-order valence-corrected chi connectivity index (χ2v) is 9.37. The molecule has 0 aromatic carbocycles. The van der Waals surface area contributed by atoms with Crippen molar-refractivity contribution in [2.45, 2.75) is 142 Å². The third kappa shape index (κ3) is 11.0. The zero-order chi connectivity index (χ0) is 21.9. The van der Waals surface area contributed by atoms with E-state index in [9.17, 15) is 5.11 Å². The first kappa shape index (κ1) is 27.2. The molecule has 3 unspecified atom stereocenters. The molecular weight excluding hydrogens is 368 g/mol. The Balaban J connectivity index is 1.88. The van der Waals surface area contributed by atoms with Crippen molar-refractivity contribution in [1.82, 2.24) is 5.32 Å². The molecule has 3 atom stereocenters. The van der Waals surface area contributed by atoms with Gasteiger partial charge in [0.2, 0.25) is 0 Å². The Kier molecular flexibility index (Phi) is 16.2. The lowest BCUT2D eigenvalue weighted by atomic mass is 10.0. The van der Waals surface area contributed by atoms with Crippen LogP contribution in [0.15, 0.2) is 24.6 Å². The summed E-state index contributed by atoms with van der Waals surface area (Å²) in [6, 6.07) is 0.